The van der Waals surface area contributed by atoms with E-state index in [1.807, 2.05) is 20.8 Å². The molecule has 22 heavy (non-hydrogen) atoms. The zero-order valence-electron chi connectivity index (χ0n) is 12.6. The fourth-order valence-electron chi connectivity index (χ4n) is 1.94. The first-order chi connectivity index (χ1) is 10.2. The van der Waals surface area contributed by atoms with E-state index in [-0.39, 0.29) is 16.1 Å². The molecule has 1 aliphatic heterocycles. The van der Waals surface area contributed by atoms with Crippen LogP contribution in [0.2, 0.25) is 5.02 Å². The van der Waals surface area contributed by atoms with Crippen molar-refractivity contribution < 1.29 is 9.59 Å². The van der Waals surface area contributed by atoms with Crippen LogP contribution in [0.15, 0.2) is 35.9 Å². The highest BCUT2D eigenvalue weighted by Gasteiger charge is 2.34. The van der Waals surface area contributed by atoms with Crippen LogP contribution < -0.4 is 10.2 Å². The van der Waals surface area contributed by atoms with Gasteiger partial charge in [0.25, 0.3) is 11.8 Å². The molecule has 0 saturated carbocycles. The number of hydrogen-bond donors (Lipinski definition) is 1. The zero-order chi connectivity index (χ0) is 16.5. The van der Waals surface area contributed by atoms with Crippen molar-refractivity contribution in [3.63, 3.8) is 0 Å². The summed E-state index contributed by atoms with van der Waals surface area (Å²) in [5.41, 5.74) is 0.663. The molecular formula is C16H17ClN2O2S. The number of nitrogens with zero attached hydrogens (tertiary/aromatic N) is 1. The summed E-state index contributed by atoms with van der Waals surface area (Å²) in [6.07, 6.45) is 2.28. The van der Waals surface area contributed by atoms with E-state index in [0.29, 0.717) is 17.1 Å². The van der Waals surface area contributed by atoms with Gasteiger partial charge in [-0.25, -0.2) is 0 Å². The molecule has 116 valence electrons. The Morgan fingerprint density at radius 3 is 2.36 bits per heavy atom. The topological polar surface area (TPSA) is 49.4 Å². The summed E-state index contributed by atoms with van der Waals surface area (Å²) in [4.78, 5) is 26.0. The second-order valence-corrected chi connectivity index (χ2v) is 7.08. The minimum atomic E-state index is -0.454. The third-order valence-electron chi connectivity index (χ3n) is 3.11. The molecule has 1 heterocycles. The van der Waals surface area contributed by atoms with Gasteiger partial charge in [0.15, 0.2) is 5.11 Å². The average molecular weight is 337 g/mol. The van der Waals surface area contributed by atoms with Gasteiger partial charge in [-0.15, -0.1) is 0 Å². The summed E-state index contributed by atoms with van der Waals surface area (Å²) in [5, 5.41) is 3.19. The van der Waals surface area contributed by atoms with Crippen LogP contribution in [0, 0.1) is 5.41 Å². The Morgan fingerprint density at radius 2 is 1.82 bits per heavy atom. The van der Waals surface area contributed by atoms with Gasteiger partial charge in [-0.1, -0.05) is 38.4 Å². The first-order valence-corrected chi connectivity index (χ1v) is 7.63. The number of allylic oxidation sites excluding steroid dienone is 1. The van der Waals surface area contributed by atoms with E-state index in [9.17, 15) is 9.59 Å². The number of carbonyl (C=O) groups excluding carboxylic acids is 2. The van der Waals surface area contributed by atoms with Crippen LogP contribution in [-0.4, -0.2) is 16.9 Å². The molecule has 0 aliphatic carbocycles. The van der Waals surface area contributed by atoms with Gasteiger partial charge in [-0.3, -0.25) is 19.8 Å². The number of benzene rings is 1. The van der Waals surface area contributed by atoms with E-state index in [4.69, 9.17) is 23.8 Å². The normalized spacial score (nSPS) is 17.9. The quantitative estimate of drug-likeness (QED) is 0.511. The minimum absolute atomic E-state index is 0.0172. The van der Waals surface area contributed by atoms with Crippen molar-refractivity contribution in [1.29, 1.82) is 0 Å². The van der Waals surface area contributed by atoms with Gasteiger partial charge >= 0.3 is 0 Å². The number of thiocarbonyl (C=S) groups is 1. The first kappa shape index (κ1) is 16.6. The molecule has 0 spiro atoms. The number of nitrogens with one attached hydrogen (secondary N) is 1. The summed E-state index contributed by atoms with van der Waals surface area (Å²) in [6.45, 7) is 6.12. The first-order valence-electron chi connectivity index (χ1n) is 6.84. The second kappa shape index (κ2) is 6.18. The van der Waals surface area contributed by atoms with Gasteiger partial charge < -0.3 is 0 Å². The van der Waals surface area contributed by atoms with E-state index in [2.05, 4.69) is 5.32 Å². The molecule has 6 heteroatoms. The number of carbonyl (C=O) groups is 2. The highest BCUT2D eigenvalue weighted by Crippen LogP contribution is 2.25. The van der Waals surface area contributed by atoms with Crippen molar-refractivity contribution >= 4 is 46.4 Å². The Labute approximate surface area is 140 Å². The minimum Gasteiger partial charge on any atom is -0.298 e. The number of amides is 2. The molecule has 0 bridgehead atoms. The predicted octanol–water partition coefficient (Wildman–Crippen LogP) is 3.45. The van der Waals surface area contributed by atoms with Crippen LogP contribution >= 0.6 is 23.8 Å². The molecule has 1 N–H and O–H groups in total. The van der Waals surface area contributed by atoms with Crippen molar-refractivity contribution in [2.24, 2.45) is 5.41 Å². The maximum Gasteiger partial charge on any atom is 0.269 e. The van der Waals surface area contributed by atoms with Crippen LogP contribution in [-0.2, 0) is 9.59 Å². The van der Waals surface area contributed by atoms with Crippen molar-refractivity contribution in [3.8, 4) is 0 Å². The van der Waals surface area contributed by atoms with Crippen LogP contribution in [0.4, 0.5) is 5.69 Å². The molecular weight excluding hydrogens is 320 g/mol. The summed E-state index contributed by atoms with van der Waals surface area (Å²) >= 11 is 11.0. The number of halogens is 1. The molecule has 1 saturated heterocycles. The molecule has 0 atom stereocenters. The maximum atomic E-state index is 12.6. The monoisotopic (exact) mass is 336 g/mol. The lowest BCUT2D eigenvalue weighted by molar-refractivity contribution is -0.122. The van der Waals surface area contributed by atoms with Gasteiger partial charge in [0.1, 0.15) is 5.57 Å². The van der Waals surface area contributed by atoms with Crippen molar-refractivity contribution in [1.82, 2.24) is 5.32 Å². The van der Waals surface area contributed by atoms with Crippen LogP contribution in [0.1, 0.15) is 27.2 Å². The zero-order valence-corrected chi connectivity index (χ0v) is 14.2. The average Bonchev–Trinajstić information content (AvgIpc) is 2.39. The van der Waals surface area contributed by atoms with Crippen molar-refractivity contribution in [2.45, 2.75) is 27.2 Å². The smallest absolute Gasteiger partial charge is 0.269 e. The molecule has 0 aromatic heterocycles. The molecule has 0 unspecified atom stereocenters. The fraction of sp³-hybridized carbons (Fsp3) is 0.312. The molecule has 1 aliphatic rings. The lowest BCUT2D eigenvalue weighted by Crippen LogP contribution is -2.54. The number of rotatable bonds is 2. The molecule has 2 amide bonds. The molecule has 1 aromatic rings. The summed E-state index contributed by atoms with van der Waals surface area (Å²) in [5.74, 6) is -0.871. The third kappa shape index (κ3) is 3.72. The standard InChI is InChI=1S/C16H17ClN2O2S/c1-16(2,3)9-8-12-13(20)18-15(22)19(14(12)21)11-6-4-10(17)5-7-11/h4-8H,9H2,1-3H3,(H,18,20,22)/b12-8-. The number of anilines is 1. The van der Waals surface area contributed by atoms with Crippen LogP contribution in [0.25, 0.3) is 0 Å². The van der Waals surface area contributed by atoms with Gasteiger partial charge in [-0.05, 0) is 48.3 Å². The molecule has 1 fully saturated rings. The molecule has 4 nitrogen and oxygen atoms in total. The summed E-state index contributed by atoms with van der Waals surface area (Å²) < 4.78 is 0. The van der Waals surface area contributed by atoms with Crippen LogP contribution in [0.5, 0.6) is 0 Å². The van der Waals surface area contributed by atoms with E-state index >= 15 is 0 Å². The Kier molecular flexibility index (Phi) is 4.68. The SMILES string of the molecule is CC(C)(C)C/C=C1/C(=O)NC(=S)N(c2ccc(Cl)cc2)C1=O. The lowest BCUT2D eigenvalue weighted by Gasteiger charge is -2.29. The molecule has 0 radical (unpaired) electrons. The van der Waals surface area contributed by atoms with Crippen molar-refractivity contribution in [3.05, 3.63) is 40.9 Å². The van der Waals surface area contributed by atoms with Crippen molar-refractivity contribution in [2.75, 3.05) is 4.90 Å². The van der Waals surface area contributed by atoms with Gasteiger partial charge in [0.05, 0.1) is 5.69 Å². The molecule has 2 rings (SSSR count). The van der Waals surface area contributed by atoms with E-state index < -0.39 is 11.8 Å². The number of hydrogen-bond acceptors (Lipinski definition) is 3. The van der Waals surface area contributed by atoms with E-state index in [1.165, 1.54) is 4.90 Å². The largest absolute Gasteiger partial charge is 0.298 e. The fourth-order valence-corrected chi connectivity index (χ4v) is 2.35. The molecule has 1 aromatic carbocycles. The summed E-state index contributed by atoms with van der Waals surface area (Å²) in [7, 11) is 0. The Bertz CT molecular complexity index is 660. The maximum absolute atomic E-state index is 12.6. The Morgan fingerprint density at radius 1 is 1.23 bits per heavy atom. The Hall–Kier alpha value is -1.72. The predicted molar refractivity (Wildman–Crippen MR) is 91.8 cm³/mol. The summed E-state index contributed by atoms with van der Waals surface area (Å²) in [6, 6.07) is 6.71. The lowest BCUT2D eigenvalue weighted by atomic mass is 9.91. The van der Waals surface area contributed by atoms with Gasteiger partial charge in [0, 0.05) is 5.02 Å². The highest BCUT2D eigenvalue weighted by atomic mass is 35.5. The van der Waals surface area contributed by atoms with E-state index in [0.717, 1.165) is 0 Å². The Balaban J connectivity index is 2.35. The van der Waals surface area contributed by atoms with Gasteiger partial charge in [0.2, 0.25) is 0 Å². The van der Waals surface area contributed by atoms with Crippen LogP contribution in [0.3, 0.4) is 0 Å². The highest BCUT2D eigenvalue weighted by molar-refractivity contribution is 7.80. The van der Waals surface area contributed by atoms with Gasteiger partial charge in [-0.2, -0.15) is 0 Å². The third-order valence-corrected chi connectivity index (χ3v) is 3.64. The van der Waals surface area contributed by atoms with E-state index in [1.54, 1.807) is 30.3 Å². The second-order valence-electron chi connectivity index (χ2n) is 6.26.